The lowest BCUT2D eigenvalue weighted by Gasteiger charge is -2.13. The molecule has 0 aliphatic heterocycles. The van der Waals surface area contributed by atoms with Crippen molar-refractivity contribution in [3.05, 3.63) is 107 Å². The van der Waals surface area contributed by atoms with E-state index in [1.54, 1.807) is 0 Å². The molecule has 3 aromatic heterocycles. The number of fused-ring (bicyclic) bond motifs is 1. The number of hydrogen-bond acceptors (Lipinski definition) is 8. The number of nitriles is 1. The van der Waals surface area contributed by atoms with Gasteiger partial charge in [-0.25, -0.2) is 4.98 Å². The molecule has 3 heterocycles. The summed E-state index contributed by atoms with van der Waals surface area (Å²) in [6.45, 7) is 4.63. The van der Waals surface area contributed by atoms with Gasteiger partial charge in [-0.15, -0.1) is 16.4 Å². The average molecular weight is 544 g/mol. The van der Waals surface area contributed by atoms with Crippen molar-refractivity contribution >= 4 is 33.2 Å². The van der Waals surface area contributed by atoms with E-state index in [0.717, 1.165) is 51.3 Å². The molecule has 6 rings (SSSR count). The van der Waals surface area contributed by atoms with Crippen molar-refractivity contribution in [1.29, 1.82) is 5.26 Å². The van der Waals surface area contributed by atoms with Crippen molar-refractivity contribution < 1.29 is 4.74 Å². The van der Waals surface area contributed by atoms with Gasteiger partial charge >= 0.3 is 0 Å². The fourth-order valence-electron chi connectivity index (χ4n) is 4.52. The van der Waals surface area contributed by atoms with Crippen LogP contribution in [0.4, 0.5) is 11.6 Å². The third kappa shape index (κ3) is 5.39. The molecule has 0 bridgehead atoms. The number of nitrogens with one attached hydrogen (secondary N) is 1. The predicted octanol–water partition coefficient (Wildman–Crippen LogP) is 7.22. The zero-order valence-corrected chi connectivity index (χ0v) is 22.8. The molecule has 0 radical (unpaired) electrons. The minimum atomic E-state index is 0.435. The minimum Gasteiger partial charge on any atom is -0.437 e. The van der Waals surface area contributed by atoms with E-state index in [1.807, 2.05) is 90.8 Å². The summed E-state index contributed by atoms with van der Waals surface area (Å²) in [5, 5.41) is 23.2. The zero-order chi connectivity index (χ0) is 27.5. The topological polar surface area (TPSA) is 102 Å². The van der Waals surface area contributed by atoms with Crippen LogP contribution in [-0.4, -0.2) is 25.0 Å². The molecule has 0 saturated heterocycles. The molecule has 40 heavy (non-hydrogen) atoms. The molecule has 0 aliphatic carbocycles. The second-order valence-electron chi connectivity index (χ2n) is 9.45. The molecule has 1 N–H and O–H groups in total. The normalized spacial score (nSPS) is 10.9. The van der Waals surface area contributed by atoms with Gasteiger partial charge in [0.25, 0.3) is 0 Å². The van der Waals surface area contributed by atoms with Crippen molar-refractivity contribution in [2.75, 3.05) is 5.32 Å². The van der Waals surface area contributed by atoms with Gasteiger partial charge in [-0.2, -0.15) is 10.2 Å². The molecule has 0 saturated carbocycles. The second kappa shape index (κ2) is 11.0. The molecule has 6 aromatic rings. The predicted molar refractivity (Wildman–Crippen MR) is 157 cm³/mol. The fourth-order valence-corrected chi connectivity index (χ4v) is 5.27. The lowest BCUT2D eigenvalue weighted by Crippen LogP contribution is -2.01. The summed E-state index contributed by atoms with van der Waals surface area (Å²) < 4.78 is 9.04. The standard InChI is InChI=1S/C31H25N7OS/c1-20-16-23(18-32)17-21(2)28(20)39-30-29-26(13-15-40-29)34-31(35-30)33-25-10-8-24(9-11-25)27-19-38(37-36-27)14-12-22-6-4-3-5-7-22/h3-11,13,15-17,19H,12,14H2,1-2H3,(H,33,34,35). The molecule has 0 unspecified atom stereocenters. The molecular formula is C31H25N7OS. The number of rotatable bonds is 8. The van der Waals surface area contributed by atoms with Crippen LogP contribution in [-0.2, 0) is 13.0 Å². The highest BCUT2D eigenvalue weighted by Gasteiger charge is 2.15. The maximum atomic E-state index is 9.28. The summed E-state index contributed by atoms with van der Waals surface area (Å²) in [7, 11) is 0. The Hall–Kier alpha value is -5.07. The number of thiophene rings is 1. The van der Waals surface area contributed by atoms with Crippen LogP contribution in [0.15, 0.2) is 84.4 Å². The molecule has 0 atom stereocenters. The van der Waals surface area contributed by atoms with Crippen molar-refractivity contribution in [3.63, 3.8) is 0 Å². The molecule has 3 aromatic carbocycles. The van der Waals surface area contributed by atoms with E-state index in [4.69, 9.17) is 9.72 Å². The summed E-state index contributed by atoms with van der Waals surface area (Å²) in [5.41, 5.74) is 7.06. The monoisotopic (exact) mass is 543 g/mol. The Bertz CT molecular complexity index is 1810. The first-order valence-electron chi connectivity index (χ1n) is 12.8. The highest BCUT2D eigenvalue weighted by Crippen LogP contribution is 2.36. The molecule has 0 spiro atoms. The summed E-state index contributed by atoms with van der Waals surface area (Å²) in [5.74, 6) is 1.60. The van der Waals surface area contributed by atoms with Crippen molar-refractivity contribution in [1.82, 2.24) is 25.0 Å². The number of anilines is 2. The summed E-state index contributed by atoms with van der Waals surface area (Å²) in [4.78, 5) is 9.37. The molecule has 0 aliphatic rings. The first-order valence-corrected chi connectivity index (χ1v) is 13.7. The Morgan fingerprint density at radius 1 is 0.975 bits per heavy atom. The van der Waals surface area contributed by atoms with E-state index in [0.29, 0.717) is 23.1 Å². The maximum Gasteiger partial charge on any atom is 0.242 e. The average Bonchev–Trinajstić information content (AvgIpc) is 3.65. The summed E-state index contributed by atoms with van der Waals surface area (Å²) in [6, 6.07) is 26.1. The largest absolute Gasteiger partial charge is 0.437 e. The number of nitrogens with zero attached hydrogens (tertiary/aromatic N) is 6. The van der Waals surface area contributed by atoms with Gasteiger partial charge < -0.3 is 10.1 Å². The van der Waals surface area contributed by atoms with Gasteiger partial charge in [-0.05, 0) is 72.7 Å². The number of aromatic nitrogens is 5. The van der Waals surface area contributed by atoms with E-state index in [-0.39, 0.29) is 0 Å². The number of ether oxygens (including phenoxy) is 1. The van der Waals surface area contributed by atoms with Gasteiger partial charge in [-0.1, -0.05) is 47.7 Å². The van der Waals surface area contributed by atoms with E-state index < -0.39 is 0 Å². The van der Waals surface area contributed by atoms with Gasteiger partial charge in [0.1, 0.15) is 16.1 Å². The Morgan fingerprint density at radius 2 is 1.75 bits per heavy atom. The van der Waals surface area contributed by atoms with Gasteiger partial charge in [-0.3, -0.25) is 4.68 Å². The second-order valence-corrected chi connectivity index (χ2v) is 10.4. The van der Waals surface area contributed by atoms with Crippen molar-refractivity contribution in [3.8, 4) is 29.0 Å². The van der Waals surface area contributed by atoms with Crippen LogP contribution >= 0.6 is 11.3 Å². The Labute approximate surface area is 235 Å². The van der Waals surface area contributed by atoms with Gasteiger partial charge in [0.05, 0.1) is 23.3 Å². The van der Waals surface area contributed by atoms with E-state index in [9.17, 15) is 5.26 Å². The first-order chi connectivity index (χ1) is 19.6. The van der Waals surface area contributed by atoms with Crippen LogP contribution in [0.25, 0.3) is 21.5 Å². The molecular weight excluding hydrogens is 518 g/mol. The quantitative estimate of drug-likeness (QED) is 0.216. The SMILES string of the molecule is Cc1cc(C#N)cc(C)c1Oc1nc(Nc2ccc(-c3cn(CCc4ccccc4)nn3)cc2)nc2ccsc12. The van der Waals surface area contributed by atoms with E-state index in [1.165, 1.54) is 16.9 Å². The van der Waals surface area contributed by atoms with Gasteiger partial charge in [0.2, 0.25) is 11.8 Å². The highest BCUT2D eigenvalue weighted by molar-refractivity contribution is 7.17. The fraction of sp³-hybridized carbons (Fsp3) is 0.129. The lowest BCUT2D eigenvalue weighted by molar-refractivity contribution is 0.463. The molecule has 0 amide bonds. The van der Waals surface area contributed by atoms with Crippen LogP contribution in [0, 0.1) is 25.2 Å². The summed E-state index contributed by atoms with van der Waals surface area (Å²) >= 11 is 1.53. The molecule has 9 heteroatoms. The van der Waals surface area contributed by atoms with Crippen LogP contribution in [0.2, 0.25) is 0 Å². The van der Waals surface area contributed by atoms with E-state index in [2.05, 4.69) is 38.8 Å². The minimum absolute atomic E-state index is 0.435. The van der Waals surface area contributed by atoms with Crippen molar-refractivity contribution in [2.24, 2.45) is 0 Å². The Morgan fingerprint density at radius 3 is 2.50 bits per heavy atom. The maximum absolute atomic E-state index is 9.28. The van der Waals surface area contributed by atoms with Crippen molar-refractivity contribution in [2.45, 2.75) is 26.8 Å². The first kappa shape index (κ1) is 25.2. The third-order valence-corrected chi connectivity index (χ3v) is 7.40. The molecule has 196 valence electrons. The number of benzene rings is 3. The van der Waals surface area contributed by atoms with Crippen LogP contribution in [0.3, 0.4) is 0 Å². The molecule has 8 nitrogen and oxygen atoms in total. The third-order valence-electron chi connectivity index (χ3n) is 6.51. The lowest BCUT2D eigenvalue weighted by atomic mass is 10.1. The van der Waals surface area contributed by atoms with Crippen LogP contribution in [0.1, 0.15) is 22.3 Å². The van der Waals surface area contributed by atoms with Crippen LogP contribution < -0.4 is 10.1 Å². The van der Waals surface area contributed by atoms with Gasteiger partial charge in [0, 0.05) is 17.8 Å². The highest BCUT2D eigenvalue weighted by atomic mass is 32.1. The number of aryl methyl sites for hydroxylation is 4. The molecule has 0 fully saturated rings. The van der Waals surface area contributed by atoms with E-state index >= 15 is 0 Å². The van der Waals surface area contributed by atoms with Gasteiger partial charge in [0.15, 0.2) is 0 Å². The Kier molecular flexibility index (Phi) is 6.91. The summed E-state index contributed by atoms with van der Waals surface area (Å²) in [6.07, 6.45) is 2.87. The van der Waals surface area contributed by atoms with Crippen LogP contribution in [0.5, 0.6) is 11.6 Å². The smallest absolute Gasteiger partial charge is 0.242 e. The zero-order valence-electron chi connectivity index (χ0n) is 22.0. The number of hydrogen-bond donors (Lipinski definition) is 1. The Balaban J connectivity index is 1.19.